The summed E-state index contributed by atoms with van der Waals surface area (Å²) in [6.07, 6.45) is 0. The molecule has 10 rings (SSSR count). The number of hydrogen-bond donors (Lipinski definition) is 0. The highest BCUT2D eigenvalue weighted by molar-refractivity contribution is 6.16. The number of nitrogens with zero attached hydrogens (tertiary/aromatic N) is 4. The van der Waals surface area contributed by atoms with E-state index < -0.39 is 0 Å². The number of rotatable bonds is 5. The minimum Gasteiger partial charge on any atom is -0.247 e. The van der Waals surface area contributed by atoms with Crippen molar-refractivity contribution in [2.75, 3.05) is 0 Å². The van der Waals surface area contributed by atoms with Crippen molar-refractivity contribution in [3.8, 4) is 67.7 Å². The standard InChI is InChI=1S/C49H34N4/c1-49(2)40-23-12-11-22-39(40)45-44(49)42(43-38-21-10-9-16-33(38)28-29-41(43)50-45)36-19-13-20-37(30-36)48-52-46(34-17-7-4-8-18-34)51-47(53-48)35-26-24-32(25-27-35)31-14-5-3-6-15-31/h3-30H,1-2H3. The fourth-order valence-corrected chi connectivity index (χ4v) is 8.10. The van der Waals surface area contributed by atoms with Gasteiger partial charge in [-0.25, -0.2) is 19.9 Å². The number of aromatic nitrogens is 4. The van der Waals surface area contributed by atoms with Crippen LogP contribution in [-0.4, -0.2) is 19.9 Å². The summed E-state index contributed by atoms with van der Waals surface area (Å²) < 4.78 is 0. The second-order valence-corrected chi connectivity index (χ2v) is 14.3. The molecule has 7 aromatic carbocycles. The second-order valence-electron chi connectivity index (χ2n) is 14.3. The highest BCUT2D eigenvalue weighted by Gasteiger charge is 2.39. The molecule has 0 N–H and O–H groups in total. The Bertz CT molecular complexity index is 2840. The van der Waals surface area contributed by atoms with Crippen LogP contribution in [-0.2, 0) is 5.41 Å². The molecule has 2 heterocycles. The average molecular weight is 679 g/mol. The lowest BCUT2D eigenvalue weighted by molar-refractivity contribution is 0.662. The third-order valence-corrected chi connectivity index (χ3v) is 10.7. The first-order valence-corrected chi connectivity index (χ1v) is 18.1. The van der Waals surface area contributed by atoms with Gasteiger partial charge in [0.1, 0.15) is 0 Å². The maximum Gasteiger partial charge on any atom is 0.164 e. The van der Waals surface area contributed by atoms with Crippen LogP contribution in [0.4, 0.5) is 0 Å². The quantitative estimate of drug-likeness (QED) is 0.170. The second kappa shape index (κ2) is 12.2. The maximum absolute atomic E-state index is 5.39. The molecule has 9 aromatic rings. The van der Waals surface area contributed by atoms with Gasteiger partial charge in [0.05, 0.1) is 11.2 Å². The van der Waals surface area contributed by atoms with Crippen molar-refractivity contribution in [2.45, 2.75) is 19.3 Å². The van der Waals surface area contributed by atoms with Crippen molar-refractivity contribution in [1.82, 2.24) is 19.9 Å². The molecule has 0 unspecified atom stereocenters. The van der Waals surface area contributed by atoms with Crippen molar-refractivity contribution in [3.63, 3.8) is 0 Å². The molecule has 250 valence electrons. The van der Waals surface area contributed by atoms with Crippen molar-refractivity contribution >= 4 is 21.7 Å². The van der Waals surface area contributed by atoms with Gasteiger partial charge >= 0.3 is 0 Å². The van der Waals surface area contributed by atoms with Crippen molar-refractivity contribution in [3.05, 3.63) is 181 Å². The lowest BCUT2D eigenvalue weighted by Gasteiger charge is -2.26. The van der Waals surface area contributed by atoms with Gasteiger partial charge in [-0.15, -0.1) is 0 Å². The fraction of sp³-hybridized carbons (Fsp3) is 0.0612. The minimum atomic E-state index is -0.262. The Hall–Kier alpha value is -6.78. The predicted molar refractivity (Wildman–Crippen MR) is 217 cm³/mol. The van der Waals surface area contributed by atoms with Gasteiger partial charge in [0.2, 0.25) is 0 Å². The molecule has 0 saturated carbocycles. The zero-order valence-electron chi connectivity index (χ0n) is 29.5. The molecule has 4 nitrogen and oxygen atoms in total. The van der Waals surface area contributed by atoms with Gasteiger partial charge in [0.15, 0.2) is 17.5 Å². The van der Waals surface area contributed by atoms with Crippen LogP contribution in [0.2, 0.25) is 0 Å². The van der Waals surface area contributed by atoms with E-state index in [0.29, 0.717) is 17.5 Å². The Morgan fingerprint density at radius 3 is 1.72 bits per heavy atom. The molecule has 0 bridgehead atoms. The molecule has 0 atom stereocenters. The van der Waals surface area contributed by atoms with Crippen LogP contribution < -0.4 is 0 Å². The van der Waals surface area contributed by atoms with Gasteiger partial charge in [-0.2, -0.15) is 0 Å². The van der Waals surface area contributed by atoms with Gasteiger partial charge in [-0.1, -0.05) is 172 Å². The van der Waals surface area contributed by atoms with Crippen LogP contribution >= 0.6 is 0 Å². The lowest BCUT2D eigenvalue weighted by Crippen LogP contribution is -2.16. The summed E-state index contributed by atoms with van der Waals surface area (Å²) in [4.78, 5) is 20.7. The summed E-state index contributed by atoms with van der Waals surface area (Å²) in [5.41, 5.74) is 13.0. The molecule has 0 saturated heterocycles. The minimum absolute atomic E-state index is 0.262. The zero-order valence-corrected chi connectivity index (χ0v) is 29.5. The first-order valence-electron chi connectivity index (χ1n) is 18.1. The molecular weight excluding hydrogens is 645 g/mol. The van der Waals surface area contributed by atoms with E-state index in [-0.39, 0.29) is 5.41 Å². The topological polar surface area (TPSA) is 51.6 Å². The maximum atomic E-state index is 5.39. The molecule has 0 spiro atoms. The number of hydrogen-bond acceptors (Lipinski definition) is 4. The van der Waals surface area contributed by atoms with Gasteiger partial charge in [-0.3, -0.25) is 0 Å². The molecule has 1 aliphatic rings. The van der Waals surface area contributed by atoms with Gasteiger partial charge in [0, 0.05) is 33.1 Å². The Labute approximate surface area is 308 Å². The van der Waals surface area contributed by atoms with E-state index >= 15 is 0 Å². The molecule has 0 fully saturated rings. The van der Waals surface area contributed by atoms with Crippen molar-refractivity contribution in [1.29, 1.82) is 0 Å². The monoisotopic (exact) mass is 678 g/mol. The first kappa shape index (κ1) is 31.0. The highest BCUT2D eigenvalue weighted by atomic mass is 15.0. The van der Waals surface area contributed by atoms with E-state index in [1.807, 2.05) is 24.3 Å². The molecule has 1 aliphatic carbocycles. The van der Waals surface area contributed by atoms with Crippen LogP contribution in [0.5, 0.6) is 0 Å². The normalized spacial score (nSPS) is 12.9. The van der Waals surface area contributed by atoms with Gasteiger partial charge in [-0.05, 0) is 56.3 Å². The molecule has 0 aliphatic heterocycles. The van der Waals surface area contributed by atoms with Crippen LogP contribution in [0.1, 0.15) is 25.0 Å². The molecule has 53 heavy (non-hydrogen) atoms. The molecule has 0 radical (unpaired) electrons. The summed E-state index contributed by atoms with van der Waals surface area (Å²) in [6, 6.07) is 59.5. The van der Waals surface area contributed by atoms with E-state index in [9.17, 15) is 0 Å². The Morgan fingerprint density at radius 1 is 0.415 bits per heavy atom. The third kappa shape index (κ3) is 5.14. The molecular formula is C49H34N4. The van der Waals surface area contributed by atoms with E-state index in [1.54, 1.807) is 0 Å². The van der Waals surface area contributed by atoms with Crippen molar-refractivity contribution in [2.24, 2.45) is 0 Å². The molecule has 2 aromatic heterocycles. The lowest BCUT2D eigenvalue weighted by atomic mass is 9.78. The van der Waals surface area contributed by atoms with Crippen LogP contribution in [0.25, 0.3) is 89.4 Å². The summed E-state index contributed by atoms with van der Waals surface area (Å²) >= 11 is 0. The predicted octanol–water partition coefficient (Wildman–Crippen LogP) is 12.2. The summed E-state index contributed by atoms with van der Waals surface area (Å²) in [6.45, 7) is 4.66. The Balaban J connectivity index is 1.19. The summed E-state index contributed by atoms with van der Waals surface area (Å²) in [7, 11) is 0. The first-order chi connectivity index (χ1) is 26.0. The van der Waals surface area contributed by atoms with E-state index in [2.05, 4.69) is 159 Å². The van der Waals surface area contributed by atoms with Gasteiger partial charge < -0.3 is 0 Å². The van der Waals surface area contributed by atoms with E-state index in [4.69, 9.17) is 19.9 Å². The SMILES string of the molecule is CC1(C)c2ccccc2-c2nc3ccc4ccccc4c3c(-c3cccc(-c4nc(-c5ccccc5)nc(-c5ccc(-c6ccccc6)cc5)n4)c3)c21. The third-order valence-electron chi connectivity index (χ3n) is 10.7. The van der Waals surface area contributed by atoms with E-state index in [1.165, 1.54) is 44.0 Å². The molecule has 0 amide bonds. The van der Waals surface area contributed by atoms with Gasteiger partial charge in [0.25, 0.3) is 0 Å². The summed E-state index contributed by atoms with van der Waals surface area (Å²) in [5.74, 6) is 1.91. The van der Waals surface area contributed by atoms with Crippen LogP contribution in [0.3, 0.4) is 0 Å². The summed E-state index contributed by atoms with van der Waals surface area (Å²) in [5, 5.41) is 3.56. The number of benzene rings is 7. The zero-order chi connectivity index (χ0) is 35.5. The Morgan fingerprint density at radius 2 is 0.962 bits per heavy atom. The smallest absolute Gasteiger partial charge is 0.164 e. The Kier molecular flexibility index (Phi) is 7.12. The largest absolute Gasteiger partial charge is 0.247 e. The number of pyridine rings is 1. The van der Waals surface area contributed by atoms with Crippen LogP contribution in [0.15, 0.2) is 170 Å². The fourth-order valence-electron chi connectivity index (χ4n) is 8.10. The molecule has 4 heteroatoms. The van der Waals surface area contributed by atoms with E-state index in [0.717, 1.165) is 39.0 Å². The highest BCUT2D eigenvalue weighted by Crippen LogP contribution is 2.54. The van der Waals surface area contributed by atoms with Crippen molar-refractivity contribution < 1.29 is 0 Å². The van der Waals surface area contributed by atoms with Crippen LogP contribution in [0, 0.1) is 0 Å². The average Bonchev–Trinajstić information content (AvgIpc) is 3.46. The number of fused-ring (bicyclic) bond motifs is 6.